The number of benzene rings is 1. The van der Waals surface area contributed by atoms with Crippen LogP contribution in [0.4, 0.5) is 4.39 Å². The number of aromatic nitrogens is 1. The monoisotopic (exact) mass is 381 g/mol. The minimum absolute atomic E-state index is 0.0223. The molecule has 146 valence electrons. The summed E-state index contributed by atoms with van der Waals surface area (Å²) >= 11 is 0. The van der Waals surface area contributed by atoms with Crippen molar-refractivity contribution in [1.82, 2.24) is 4.57 Å². The number of esters is 2. The molecule has 0 radical (unpaired) electrons. The van der Waals surface area contributed by atoms with Gasteiger partial charge in [0, 0.05) is 5.69 Å². The Balaban J connectivity index is 2.79. The molecule has 2 aromatic rings. The molecular formula is C18H20FNO7. The summed E-state index contributed by atoms with van der Waals surface area (Å²) in [7, 11) is 0. The van der Waals surface area contributed by atoms with Crippen molar-refractivity contribution in [2.45, 2.75) is 13.8 Å². The van der Waals surface area contributed by atoms with Crippen molar-refractivity contribution in [2.75, 3.05) is 26.4 Å². The molecule has 9 heteroatoms. The molecule has 0 spiro atoms. The van der Waals surface area contributed by atoms with Crippen LogP contribution in [0, 0.1) is 5.82 Å². The van der Waals surface area contributed by atoms with E-state index in [0.717, 1.165) is 16.7 Å². The molecular weight excluding hydrogens is 361 g/mol. The van der Waals surface area contributed by atoms with Crippen LogP contribution in [0.25, 0.3) is 5.69 Å². The Morgan fingerprint density at radius 2 is 1.59 bits per heavy atom. The first-order valence-corrected chi connectivity index (χ1v) is 8.27. The highest BCUT2D eigenvalue weighted by atomic mass is 19.1. The fraction of sp³-hybridized carbons (Fsp3) is 0.333. The van der Waals surface area contributed by atoms with Gasteiger partial charge in [0.1, 0.15) is 12.4 Å². The summed E-state index contributed by atoms with van der Waals surface area (Å²) in [5.74, 6) is -3.30. The Morgan fingerprint density at radius 1 is 1.04 bits per heavy atom. The molecule has 0 aliphatic heterocycles. The van der Waals surface area contributed by atoms with Crippen LogP contribution in [0.1, 0.15) is 34.8 Å². The number of carbonyl (C=O) groups is 2. The van der Waals surface area contributed by atoms with Gasteiger partial charge < -0.3 is 24.4 Å². The molecule has 0 saturated carbocycles. The topological polar surface area (TPSA) is 107 Å². The summed E-state index contributed by atoms with van der Waals surface area (Å²) < 4.78 is 29.6. The van der Waals surface area contributed by atoms with Crippen molar-refractivity contribution in [2.24, 2.45) is 0 Å². The van der Waals surface area contributed by atoms with Crippen molar-refractivity contribution < 1.29 is 38.4 Å². The molecule has 1 aromatic heterocycles. The van der Waals surface area contributed by atoms with Crippen molar-refractivity contribution >= 4 is 11.9 Å². The number of ether oxygens (including phenoxy) is 3. The molecule has 2 rings (SSSR count). The summed E-state index contributed by atoms with van der Waals surface area (Å²) in [6, 6.07) is 4.89. The van der Waals surface area contributed by atoms with E-state index in [1.54, 1.807) is 13.8 Å². The predicted octanol–water partition coefficient (Wildman–Crippen LogP) is 2.05. The molecule has 1 heterocycles. The lowest BCUT2D eigenvalue weighted by Crippen LogP contribution is -2.17. The Bertz CT molecular complexity index is 814. The van der Waals surface area contributed by atoms with Gasteiger partial charge in [-0.05, 0) is 38.1 Å². The van der Waals surface area contributed by atoms with Gasteiger partial charge in [-0.25, -0.2) is 14.0 Å². The Labute approximate surface area is 154 Å². The van der Waals surface area contributed by atoms with Gasteiger partial charge in [-0.3, -0.25) is 4.57 Å². The summed E-state index contributed by atoms with van der Waals surface area (Å²) in [6.07, 6.45) is 0. The minimum atomic E-state index is -0.913. The van der Waals surface area contributed by atoms with Crippen molar-refractivity contribution in [3.05, 3.63) is 41.5 Å². The number of halogens is 1. The van der Waals surface area contributed by atoms with Gasteiger partial charge in [0.05, 0.1) is 19.8 Å². The van der Waals surface area contributed by atoms with E-state index in [0.29, 0.717) is 0 Å². The first-order valence-electron chi connectivity index (χ1n) is 8.27. The van der Waals surface area contributed by atoms with Crippen LogP contribution in [0.2, 0.25) is 0 Å². The number of rotatable bonds is 8. The molecule has 0 fully saturated rings. The summed E-state index contributed by atoms with van der Waals surface area (Å²) in [6.45, 7) is 2.59. The molecule has 1 aromatic carbocycles. The standard InChI is InChI=1S/C18H20FNO7/c1-3-25-17(23)13-15(22)16(27-10-9-21)14(18(24)26-4-2)20(13)12-7-5-11(19)6-8-12/h5-8,21-22H,3-4,9-10H2,1-2H3. The minimum Gasteiger partial charge on any atom is -0.503 e. The van der Waals surface area contributed by atoms with E-state index >= 15 is 0 Å². The lowest BCUT2D eigenvalue weighted by molar-refractivity contribution is 0.0506. The van der Waals surface area contributed by atoms with Crippen LogP contribution in [0.3, 0.4) is 0 Å². The molecule has 0 amide bonds. The van der Waals surface area contributed by atoms with Gasteiger partial charge in [-0.2, -0.15) is 0 Å². The number of hydrogen-bond donors (Lipinski definition) is 2. The SMILES string of the molecule is CCOC(=O)c1c(O)c(OCCO)c(C(=O)OCC)n1-c1ccc(F)cc1. The fourth-order valence-corrected chi connectivity index (χ4v) is 2.44. The smallest absolute Gasteiger partial charge is 0.359 e. The average molecular weight is 381 g/mol. The number of aliphatic hydroxyl groups is 1. The molecule has 0 aliphatic rings. The third-order valence-corrected chi connectivity index (χ3v) is 3.46. The summed E-state index contributed by atoms with van der Waals surface area (Å²) in [5, 5.41) is 19.5. The van der Waals surface area contributed by atoms with E-state index in [1.807, 2.05) is 0 Å². The van der Waals surface area contributed by atoms with E-state index in [1.165, 1.54) is 12.1 Å². The highest BCUT2D eigenvalue weighted by Crippen LogP contribution is 2.40. The lowest BCUT2D eigenvalue weighted by Gasteiger charge is -2.12. The van der Waals surface area contributed by atoms with Gasteiger partial charge in [0.25, 0.3) is 0 Å². The molecule has 2 N–H and O–H groups in total. The van der Waals surface area contributed by atoms with Gasteiger partial charge in [0.15, 0.2) is 22.9 Å². The van der Waals surface area contributed by atoms with Crippen LogP contribution in [-0.2, 0) is 9.47 Å². The number of carbonyl (C=O) groups excluding carboxylic acids is 2. The van der Waals surface area contributed by atoms with Crippen molar-refractivity contribution in [3.8, 4) is 17.2 Å². The first-order chi connectivity index (χ1) is 13.0. The van der Waals surface area contributed by atoms with E-state index in [-0.39, 0.29) is 42.6 Å². The predicted molar refractivity (Wildman–Crippen MR) is 91.9 cm³/mol. The van der Waals surface area contributed by atoms with Crippen LogP contribution in [0.5, 0.6) is 11.5 Å². The maximum Gasteiger partial charge on any atom is 0.359 e. The number of aromatic hydroxyl groups is 1. The molecule has 27 heavy (non-hydrogen) atoms. The van der Waals surface area contributed by atoms with Crippen LogP contribution in [-0.4, -0.2) is 53.1 Å². The van der Waals surface area contributed by atoms with Crippen LogP contribution >= 0.6 is 0 Å². The lowest BCUT2D eigenvalue weighted by atomic mass is 10.3. The highest BCUT2D eigenvalue weighted by Gasteiger charge is 2.34. The Hall–Kier alpha value is -3.07. The zero-order chi connectivity index (χ0) is 20.0. The number of aliphatic hydroxyl groups excluding tert-OH is 1. The normalized spacial score (nSPS) is 10.5. The summed E-state index contributed by atoms with van der Waals surface area (Å²) in [4.78, 5) is 24.9. The first kappa shape index (κ1) is 20.2. The number of hydrogen-bond acceptors (Lipinski definition) is 7. The van der Waals surface area contributed by atoms with Crippen LogP contribution < -0.4 is 4.74 Å². The highest BCUT2D eigenvalue weighted by molar-refractivity contribution is 6.00. The molecule has 8 nitrogen and oxygen atoms in total. The van der Waals surface area contributed by atoms with Gasteiger partial charge in [-0.1, -0.05) is 0 Å². The van der Waals surface area contributed by atoms with Crippen molar-refractivity contribution in [3.63, 3.8) is 0 Å². The zero-order valence-electron chi connectivity index (χ0n) is 14.9. The van der Waals surface area contributed by atoms with E-state index in [4.69, 9.17) is 19.3 Å². The van der Waals surface area contributed by atoms with Gasteiger partial charge in [0.2, 0.25) is 0 Å². The fourth-order valence-electron chi connectivity index (χ4n) is 2.44. The van der Waals surface area contributed by atoms with E-state index in [9.17, 15) is 19.1 Å². The molecule has 0 aliphatic carbocycles. The quantitative estimate of drug-likeness (QED) is 0.674. The number of nitrogens with zero attached hydrogens (tertiary/aromatic N) is 1. The van der Waals surface area contributed by atoms with E-state index in [2.05, 4.69) is 0 Å². The largest absolute Gasteiger partial charge is 0.503 e. The summed E-state index contributed by atoms with van der Waals surface area (Å²) in [5.41, 5.74) is -0.450. The maximum atomic E-state index is 13.3. The zero-order valence-corrected chi connectivity index (χ0v) is 14.9. The molecule has 0 saturated heterocycles. The van der Waals surface area contributed by atoms with Crippen molar-refractivity contribution in [1.29, 1.82) is 0 Å². The second-order valence-electron chi connectivity index (χ2n) is 5.20. The molecule has 0 atom stereocenters. The van der Waals surface area contributed by atoms with Gasteiger partial charge in [-0.15, -0.1) is 0 Å². The third kappa shape index (κ3) is 4.20. The third-order valence-electron chi connectivity index (χ3n) is 3.46. The molecule has 0 bridgehead atoms. The van der Waals surface area contributed by atoms with Gasteiger partial charge >= 0.3 is 11.9 Å². The van der Waals surface area contributed by atoms with E-state index < -0.39 is 30.1 Å². The average Bonchev–Trinajstić information content (AvgIpc) is 2.93. The Kier molecular flexibility index (Phi) is 6.78. The second-order valence-corrected chi connectivity index (χ2v) is 5.20. The maximum absolute atomic E-state index is 13.3. The van der Waals surface area contributed by atoms with Crippen LogP contribution in [0.15, 0.2) is 24.3 Å². The second kappa shape index (κ2) is 9.04. The molecule has 0 unspecified atom stereocenters. The Morgan fingerprint density at radius 3 is 2.11 bits per heavy atom.